The van der Waals surface area contributed by atoms with Gasteiger partial charge in [-0.25, -0.2) is 9.67 Å². The lowest BCUT2D eigenvalue weighted by atomic mass is 9.87. The van der Waals surface area contributed by atoms with E-state index in [-0.39, 0.29) is 5.56 Å². The van der Waals surface area contributed by atoms with E-state index in [1.54, 1.807) is 6.20 Å². The van der Waals surface area contributed by atoms with Gasteiger partial charge in [-0.15, -0.1) is 0 Å². The number of hydrogen-bond donors (Lipinski definition) is 1. The van der Waals surface area contributed by atoms with Crippen LogP contribution in [0.25, 0.3) is 11.0 Å². The molecule has 1 N–H and O–H groups in total. The van der Waals surface area contributed by atoms with Crippen LogP contribution in [0.15, 0.2) is 11.0 Å². The normalized spacial score (nSPS) is 16.9. The van der Waals surface area contributed by atoms with E-state index in [1.807, 2.05) is 4.68 Å². The topological polar surface area (TPSA) is 63.6 Å². The lowest BCUT2D eigenvalue weighted by molar-refractivity contribution is 0.351. The molecule has 5 heteroatoms. The largest absolute Gasteiger partial charge is 0.310 e. The molecular weight excluding hydrogens is 252 g/mol. The van der Waals surface area contributed by atoms with Crippen molar-refractivity contribution in [2.45, 2.75) is 58.4 Å². The Labute approximate surface area is 118 Å². The summed E-state index contributed by atoms with van der Waals surface area (Å²) in [7, 11) is 0. The summed E-state index contributed by atoms with van der Waals surface area (Å²) >= 11 is 0. The highest BCUT2D eigenvalue weighted by atomic mass is 16.1. The average Bonchev–Trinajstić information content (AvgIpc) is 2.84. The van der Waals surface area contributed by atoms with Gasteiger partial charge in [0.1, 0.15) is 11.2 Å². The highest BCUT2D eigenvalue weighted by Gasteiger charge is 2.16. The number of fused-ring (bicyclic) bond motifs is 1. The maximum Gasteiger partial charge on any atom is 0.262 e. The van der Waals surface area contributed by atoms with Crippen LogP contribution in [-0.4, -0.2) is 19.7 Å². The zero-order valence-corrected chi connectivity index (χ0v) is 12.1. The molecule has 0 aromatic carbocycles. The maximum absolute atomic E-state index is 12.1. The lowest BCUT2D eigenvalue weighted by Crippen LogP contribution is -2.17. The quantitative estimate of drug-likeness (QED) is 0.932. The van der Waals surface area contributed by atoms with E-state index >= 15 is 0 Å². The molecule has 5 nitrogen and oxygen atoms in total. The van der Waals surface area contributed by atoms with Crippen LogP contribution in [0.4, 0.5) is 0 Å². The summed E-state index contributed by atoms with van der Waals surface area (Å²) in [5, 5.41) is 4.87. The van der Waals surface area contributed by atoms with Crippen LogP contribution in [0.3, 0.4) is 0 Å². The zero-order chi connectivity index (χ0) is 13.9. The molecule has 0 bridgehead atoms. The minimum Gasteiger partial charge on any atom is -0.310 e. The number of aromatic nitrogens is 4. The fourth-order valence-corrected chi connectivity index (χ4v) is 3.15. The third-order valence-electron chi connectivity index (χ3n) is 4.20. The number of H-pyrrole nitrogens is 1. The molecule has 0 unspecified atom stereocenters. The molecular formula is C15H22N4O. The molecule has 0 spiro atoms. The molecule has 0 amide bonds. The first-order valence-corrected chi connectivity index (χ1v) is 7.72. The molecule has 2 heterocycles. The van der Waals surface area contributed by atoms with E-state index in [2.05, 4.69) is 22.0 Å². The fraction of sp³-hybridized carbons (Fsp3) is 0.667. The number of nitrogens with one attached hydrogen (secondary N) is 1. The predicted octanol–water partition coefficient (Wildman–Crippen LogP) is 2.65. The van der Waals surface area contributed by atoms with Gasteiger partial charge < -0.3 is 4.98 Å². The third-order valence-corrected chi connectivity index (χ3v) is 4.20. The SMILES string of the molecule is CCCn1ncc2c(=O)[nH]c(CC3CCCCC3)nc21. The molecule has 0 aliphatic heterocycles. The van der Waals surface area contributed by atoms with Crippen molar-refractivity contribution in [3.63, 3.8) is 0 Å². The second kappa shape index (κ2) is 5.77. The highest BCUT2D eigenvalue weighted by molar-refractivity contribution is 5.73. The van der Waals surface area contributed by atoms with Gasteiger partial charge in [-0.2, -0.15) is 5.10 Å². The van der Waals surface area contributed by atoms with Crippen molar-refractivity contribution in [3.05, 3.63) is 22.4 Å². The van der Waals surface area contributed by atoms with Gasteiger partial charge in [0.15, 0.2) is 5.65 Å². The standard InChI is InChI=1S/C15H22N4O/c1-2-8-19-14-12(10-16-19)15(20)18-13(17-14)9-11-6-4-3-5-7-11/h10-11H,2-9H2,1H3,(H,17,18,20). The Bertz CT molecular complexity index is 637. The van der Waals surface area contributed by atoms with Crippen molar-refractivity contribution >= 4 is 11.0 Å². The van der Waals surface area contributed by atoms with Crippen LogP contribution < -0.4 is 5.56 Å². The molecule has 2 aromatic rings. The minimum absolute atomic E-state index is 0.0526. The molecule has 2 aromatic heterocycles. The van der Waals surface area contributed by atoms with Crippen molar-refractivity contribution in [2.24, 2.45) is 5.92 Å². The second-order valence-electron chi connectivity index (χ2n) is 5.83. The Morgan fingerprint density at radius 2 is 2.15 bits per heavy atom. The van der Waals surface area contributed by atoms with Crippen LogP contribution in [0, 0.1) is 5.92 Å². The summed E-state index contributed by atoms with van der Waals surface area (Å²) in [4.78, 5) is 19.7. The first kappa shape index (κ1) is 13.3. The van der Waals surface area contributed by atoms with Gasteiger partial charge in [0.25, 0.3) is 5.56 Å². The summed E-state index contributed by atoms with van der Waals surface area (Å²) in [5.74, 6) is 1.50. The lowest BCUT2D eigenvalue weighted by Gasteiger charge is -2.20. The number of aromatic amines is 1. The van der Waals surface area contributed by atoms with Crippen LogP contribution in [0.1, 0.15) is 51.3 Å². The number of nitrogens with zero attached hydrogens (tertiary/aromatic N) is 3. The van der Waals surface area contributed by atoms with Gasteiger partial charge in [0.2, 0.25) is 0 Å². The van der Waals surface area contributed by atoms with Crippen LogP contribution >= 0.6 is 0 Å². The van der Waals surface area contributed by atoms with Crippen molar-refractivity contribution in [1.82, 2.24) is 19.7 Å². The average molecular weight is 274 g/mol. The molecule has 3 rings (SSSR count). The van der Waals surface area contributed by atoms with Gasteiger partial charge in [-0.3, -0.25) is 4.79 Å². The first-order valence-electron chi connectivity index (χ1n) is 7.72. The molecule has 20 heavy (non-hydrogen) atoms. The van der Waals surface area contributed by atoms with Crippen molar-refractivity contribution in [2.75, 3.05) is 0 Å². The van der Waals surface area contributed by atoms with E-state index in [0.717, 1.165) is 30.9 Å². The Kier molecular flexibility index (Phi) is 3.85. The van der Waals surface area contributed by atoms with Crippen molar-refractivity contribution in [1.29, 1.82) is 0 Å². The van der Waals surface area contributed by atoms with Gasteiger partial charge in [-0.05, 0) is 12.3 Å². The van der Waals surface area contributed by atoms with Crippen molar-refractivity contribution in [3.8, 4) is 0 Å². The van der Waals surface area contributed by atoms with Gasteiger partial charge >= 0.3 is 0 Å². The van der Waals surface area contributed by atoms with E-state index in [1.165, 1.54) is 32.1 Å². The maximum atomic E-state index is 12.1. The van der Waals surface area contributed by atoms with Crippen LogP contribution in [0.2, 0.25) is 0 Å². The van der Waals surface area contributed by atoms with Crippen LogP contribution in [-0.2, 0) is 13.0 Å². The molecule has 0 saturated heterocycles. The first-order chi connectivity index (χ1) is 9.78. The summed E-state index contributed by atoms with van der Waals surface area (Å²) < 4.78 is 1.84. The Hall–Kier alpha value is -1.65. The summed E-state index contributed by atoms with van der Waals surface area (Å²) in [5.41, 5.74) is 0.685. The monoisotopic (exact) mass is 274 g/mol. The molecule has 108 valence electrons. The van der Waals surface area contributed by atoms with E-state index < -0.39 is 0 Å². The van der Waals surface area contributed by atoms with Gasteiger partial charge in [-0.1, -0.05) is 39.0 Å². The summed E-state index contributed by atoms with van der Waals surface area (Å²) in [6.45, 7) is 2.91. The molecule has 1 aliphatic carbocycles. The Morgan fingerprint density at radius 3 is 2.90 bits per heavy atom. The minimum atomic E-state index is -0.0526. The predicted molar refractivity (Wildman–Crippen MR) is 78.7 cm³/mol. The Balaban J connectivity index is 1.90. The Morgan fingerprint density at radius 1 is 1.35 bits per heavy atom. The fourth-order valence-electron chi connectivity index (χ4n) is 3.15. The zero-order valence-electron chi connectivity index (χ0n) is 12.1. The third kappa shape index (κ3) is 2.62. The molecule has 1 fully saturated rings. The second-order valence-corrected chi connectivity index (χ2v) is 5.83. The molecule has 0 radical (unpaired) electrons. The van der Waals surface area contributed by atoms with E-state index in [0.29, 0.717) is 11.3 Å². The van der Waals surface area contributed by atoms with Gasteiger partial charge in [0, 0.05) is 13.0 Å². The smallest absolute Gasteiger partial charge is 0.262 e. The van der Waals surface area contributed by atoms with E-state index in [4.69, 9.17) is 0 Å². The number of aryl methyl sites for hydroxylation is 1. The van der Waals surface area contributed by atoms with Gasteiger partial charge in [0.05, 0.1) is 6.20 Å². The molecule has 0 atom stereocenters. The summed E-state index contributed by atoms with van der Waals surface area (Å²) in [6, 6.07) is 0. The number of hydrogen-bond acceptors (Lipinski definition) is 3. The summed E-state index contributed by atoms with van der Waals surface area (Å²) in [6.07, 6.45) is 10.00. The van der Waals surface area contributed by atoms with Crippen molar-refractivity contribution < 1.29 is 0 Å². The highest BCUT2D eigenvalue weighted by Crippen LogP contribution is 2.25. The molecule has 1 saturated carbocycles. The number of rotatable bonds is 4. The van der Waals surface area contributed by atoms with E-state index in [9.17, 15) is 4.79 Å². The van der Waals surface area contributed by atoms with Crippen LogP contribution in [0.5, 0.6) is 0 Å². The molecule has 1 aliphatic rings.